The van der Waals surface area contributed by atoms with Gasteiger partial charge in [0.25, 0.3) is 0 Å². The van der Waals surface area contributed by atoms with Crippen LogP contribution in [-0.2, 0) is 33.0 Å². The zero-order valence-corrected chi connectivity index (χ0v) is 11.0. The Balaban J connectivity index is -0.000000245. The molecular weight excluding hydrogens is 194 g/mol. The minimum Gasteiger partial charge on any atom is -2.00 e. The molecule has 0 aliphatic heterocycles. The molecule has 0 aromatic rings. The molecule has 0 aliphatic rings. The van der Waals surface area contributed by atoms with E-state index in [-0.39, 0.29) is 33.0 Å². The predicted octanol–water partition coefficient (Wildman–Crippen LogP) is 3.18. The van der Waals surface area contributed by atoms with Gasteiger partial charge in [0.15, 0.2) is 0 Å². The molecule has 0 fully saturated rings. The van der Waals surface area contributed by atoms with E-state index in [0.29, 0.717) is 0 Å². The molecule has 0 N–H and O–H groups in total. The second kappa shape index (κ2) is 16.5. The predicted molar refractivity (Wildman–Crippen MR) is 46.1 cm³/mol. The summed E-state index contributed by atoms with van der Waals surface area (Å²) in [6.07, 6.45) is 9.12. The molecule has 10 heavy (non-hydrogen) atoms. The van der Waals surface area contributed by atoms with Gasteiger partial charge in [0.1, 0.15) is 0 Å². The van der Waals surface area contributed by atoms with Crippen LogP contribution in [0.2, 0.25) is 0 Å². The van der Waals surface area contributed by atoms with Crippen molar-refractivity contribution in [3.63, 3.8) is 0 Å². The van der Waals surface area contributed by atoms with Crippen LogP contribution in [0.5, 0.6) is 0 Å². The molecular formula is C8H17SZn-. The molecule has 0 unspecified atom stereocenters. The fourth-order valence-electron chi connectivity index (χ4n) is 0.775. The van der Waals surface area contributed by atoms with E-state index in [9.17, 15) is 0 Å². The van der Waals surface area contributed by atoms with Crippen LogP contribution in [0.1, 0.15) is 46.0 Å². The van der Waals surface area contributed by atoms with Crippen molar-refractivity contribution in [2.45, 2.75) is 46.0 Å². The van der Waals surface area contributed by atoms with Gasteiger partial charge in [-0.1, -0.05) is 32.6 Å². The first-order valence-electron chi connectivity index (χ1n) is 3.69. The average molecular weight is 211 g/mol. The maximum Gasteiger partial charge on any atom is 2.00 e. The smallest absolute Gasteiger partial charge is 2.00 e. The van der Waals surface area contributed by atoms with Crippen LogP contribution >= 0.6 is 0 Å². The number of rotatable bonds is 5. The van der Waals surface area contributed by atoms with Gasteiger partial charge < -0.3 is 19.9 Å². The van der Waals surface area contributed by atoms with Crippen molar-refractivity contribution >= 4 is 13.5 Å². The molecule has 0 heterocycles. The summed E-state index contributed by atoms with van der Waals surface area (Å²) in [6, 6.07) is 0. The Kier molecular flexibility index (Phi) is 28.4. The Morgan fingerprint density at radius 1 is 1.10 bits per heavy atom. The van der Waals surface area contributed by atoms with Gasteiger partial charge in [-0.25, -0.2) is 0 Å². The molecule has 0 aliphatic carbocycles. The molecule has 0 amide bonds. The SMILES string of the molecule is C[CH-]CCCCCC.[S-2].[Zn+2]. The normalized spacial score (nSPS) is 7.80. The summed E-state index contributed by atoms with van der Waals surface area (Å²) < 4.78 is 0. The van der Waals surface area contributed by atoms with Crippen molar-refractivity contribution in [3.8, 4) is 0 Å². The van der Waals surface area contributed by atoms with Gasteiger partial charge in [0.05, 0.1) is 0 Å². The van der Waals surface area contributed by atoms with E-state index in [4.69, 9.17) is 0 Å². The molecule has 0 saturated heterocycles. The van der Waals surface area contributed by atoms with E-state index < -0.39 is 0 Å². The van der Waals surface area contributed by atoms with Crippen molar-refractivity contribution in [1.29, 1.82) is 0 Å². The zero-order valence-electron chi connectivity index (χ0n) is 7.23. The van der Waals surface area contributed by atoms with Gasteiger partial charge in [-0.05, 0) is 0 Å². The van der Waals surface area contributed by atoms with Crippen molar-refractivity contribution in [2.24, 2.45) is 0 Å². The van der Waals surface area contributed by atoms with E-state index in [0.717, 1.165) is 0 Å². The molecule has 0 bridgehead atoms. The molecule has 0 atom stereocenters. The Morgan fingerprint density at radius 3 is 2.10 bits per heavy atom. The molecule has 2 heteroatoms. The van der Waals surface area contributed by atoms with Gasteiger partial charge in [0.2, 0.25) is 0 Å². The maximum atomic E-state index is 2.25. The Hall–Kier alpha value is 0.973. The molecule has 58 valence electrons. The summed E-state index contributed by atoms with van der Waals surface area (Å²) in [5.41, 5.74) is 0. The average Bonchev–Trinajstić information content (AvgIpc) is 1.81. The summed E-state index contributed by atoms with van der Waals surface area (Å²) in [5.74, 6) is 0. The van der Waals surface area contributed by atoms with Gasteiger partial charge in [-0.3, -0.25) is 0 Å². The van der Waals surface area contributed by atoms with Crippen molar-refractivity contribution in [2.75, 3.05) is 0 Å². The van der Waals surface area contributed by atoms with Gasteiger partial charge in [0, 0.05) is 0 Å². The summed E-state index contributed by atoms with van der Waals surface area (Å²) >= 11 is 0. The topological polar surface area (TPSA) is 0 Å². The number of hydrogen-bond donors (Lipinski definition) is 0. The van der Waals surface area contributed by atoms with Crippen LogP contribution in [0, 0.1) is 6.42 Å². The first kappa shape index (κ1) is 17.2. The Labute approximate surface area is 85.4 Å². The van der Waals surface area contributed by atoms with Crippen LogP contribution in [0.4, 0.5) is 0 Å². The molecule has 0 rings (SSSR count). The van der Waals surface area contributed by atoms with Crippen LogP contribution in [0.15, 0.2) is 0 Å². The minimum absolute atomic E-state index is 0. The Bertz CT molecular complexity index is 34.2. The van der Waals surface area contributed by atoms with E-state index in [1.54, 1.807) is 0 Å². The monoisotopic (exact) mass is 209 g/mol. The second-order valence-corrected chi connectivity index (χ2v) is 2.26. The summed E-state index contributed by atoms with van der Waals surface area (Å²) in [5, 5.41) is 0. The summed E-state index contributed by atoms with van der Waals surface area (Å²) in [4.78, 5) is 0. The summed E-state index contributed by atoms with van der Waals surface area (Å²) in [7, 11) is 0. The fraction of sp³-hybridized carbons (Fsp3) is 0.875. The van der Waals surface area contributed by atoms with Crippen LogP contribution < -0.4 is 0 Å². The fourth-order valence-corrected chi connectivity index (χ4v) is 0.775. The van der Waals surface area contributed by atoms with Gasteiger partial charge in [-0.2, -0.15) is 13.3 Å². The minimum atomic E-state index is 0. The molecule has 0 nitrogen and oxygen atoms in total. The van der Waals surface area contributed by atoms with E-state index in [1.807, 2.05) is 0 Å². The van der Waals surface area contributed by atoms with E-state index >= 15 is 0 Å². The van der Waals surface area contributed by atoms with Crippen molar-refractivity contribution in [1.82, 2.24) is 0 Å². The molecule has 0 saturated carbocycles. The quantitative estimate of drug-likeness (QED) is 0.372. The first-order chi connectivity index (χ1) is 3.91. The van der Waals surface area contributed by atoms with E-state index in [2.05, 4.69) is 20.3 Å². The molecule has 0 spiro atoms. The van der Waals surface area contributed by atoms with Gasteiger partial charge >= 0.3 is 19.5 Å². The summed E-state index contributed by atoms with van der Waals surface area (Å²) in [6.45, 7) is 4.38. The van der Waals surface area contributed by atoms with Crippen LogP contribution in [-0.4, -0.2) is 0 Å². The Morgan fingerprint density at radius 2 is 1.70 bits per heavy atom. The maximum absolute atomic E-state index is 2.25. The van der Waals surface area contributed by atoms with Crippen molar-refractivity contribution in [3.05, 3.63) is 6.42 Å². The zero-order chi connectivity index (χ0) is 6.24. The molecule has 0 aromatic heterocycles. The van der Waals surface area contributed by atoms with Crippen molar-refractivity contribution < 1.29 is 19.5 Å². The third-order valence-corrected chi connectivity index (χ3v) is 1.35. The second-order valence-electron chi connectivity index (χ2n) is 2.26. The third-order valence-electron chi connectivity index (χ3n) is 1.35. The number of unbranched alkanes of at least 4 members (excludes halogenated alkanes) is 5. The van der Waals surface area contributed by atoms with Gasteiger partial charge in [-0.15, -0.1) is 0 Å². The standard InChI is InChI=1S/C8H17.S.Zn/c1-3-5-7-8-6-4-2;;/h3H,4-8H2,1-2H3;;/q-1;-2;+2. The third kappa shape index (κ3) is 16.0. The molecule has 0 aromatic carbocycles. The van der Waals surface area contributed by atoms with Crippen LogP contribution in [0.25, 0.3) is 0 Å². The largest absolute Gasteiger partial charge is 2.00 e. The van der Waals surface area contributed by atoms with E-state index in [1.165, 1.54) is 32.1 Å². The number of hydrogen-bond acceptors (Lipinski definition) is 0. The van der Waals surface area contributed by atoms with Crippen LogP contribution in [0.3, 0.4) is 0 Å². The molecule has 0 radical (unpaired) electrons. The first-order valence-corrected chi connectivity index (χ1v) is 3.69.